The van der Waals surface area contributed by atoms with Crippen LogP contribution in [-0.2, 0) is 30.0 Å². The fourth-order valence-electron chi connectivity index (χ4n) is 2.32. The molecule has 1 atom stereocenters. The normalized spacial score (nSPS) is 11.9. The number of rotatable bonds is 9. The van der Waals surface area contributed by atoms with Gasteiger partial charge in [-0.25, -0.2) is 4.79 Å². The summed E-state index contributed by atoms with van der Waals surface area (Å²) >= 11 is 0. The Morgan fingerprint density at radius 3 is 1.94 bits per heavy atom. The first-order valence-electron chi connectivity index (χ1n) is 8.97. The summed E-state index contributed by atoms with van der Waals surface area (Å²) in [6, 6.07) is 10.5. The number of ketones is 1. The van der Waals surface area contributed by atoms with Crippen molar-refractivity contribution in [3.8, 4) is 17.2 Å². The second-order valence-corrected chi connectivity index (χ2v) is 6.30. The van der Waals surface area contributed by atoms with Gasteiger partial charge in [0.2, 0.25) is 0 Å². The highest BCUT2D eigenvalue weighted by Crippen LogP contribution is 2.31. The van der Waals surface area contributed by atoms with Crippen molar-refractivity contribution in [2.45, 2.75) is 25.6 Å². The summed E-state index contributed by atoms with van der Waals surface area (Å²) in [5.74, 6) is -1.79. The molecule has 166 valence electrons. The average molecular weight is 440 g/mol. The number of ether oxygens (including phenoxy) is 4. The third kappa shape index (κ3) is 7.65. The SMILES string of the molecule is COC(=O)C(=O)COC(=O)CC(C)Oc1ccc(Oc2ccc(C(F)(F)F)cc2)cc1. The van der Waals surface area contributed by atoms with Crippen LogP contribution in [0.15, 0.2) is 48.5 Å². The Kier molecular flexibility index (Phi) is 8.00. The van der Waals surface area contributed by atoms with Crippen molar-refractivity contribution in [1.29, 1.82) is 0 Å². The largest absolute Gasteiger partial charge is 0.490 e. The second-order valence-electron chi connectivity index (χ2n) is 6.30. The minimum absolute atomic E-state index is 0.168. The fraction of sp³-hybridized carbons (Fsp3) is 0.286. The number of Topliss-reactive ketones (excluding diaryl/α,β-unsaturated/α-hetero) is 1. The first-order chi connectivity index (χ1) is 14.6. The Bertz CT molecular complexity index is 906. The molecule has 0 spiro atoms. The molecule has 2 rings (SSSR count). The van der Waals surface area contributed by atoms with Crippen molar-refractivity contribution in [3.05, 3.63) is 54.1 Å². The Labute approximate surface area is 175 Å². The predicted octanol–water partition coefficient (Wildman–Crippen LogP) is 3.94. The molecule has 0 bridgehead atoms. The molecular formula is C21H19F3O7. The summed E-state index contributed by atoms with van der Waals surface area (Å²) in [4.78, 5) is 33.9. The highest BCUT2D eigenvalue weighted by atomic mass is 19.4. The highest BCUT2D eigenvalue weighted by molar-refractivity contribution is 6.34. The standard InChI is InChI=1S/C21H19F3O7/c1-13(11-19(26)29-12-18(25)20(27)28-2)30-15-7-9-17(10-8-15)31-16-5-3-14(4-6-16)21(22,23)24/h3-10,13H,11-12H2,1-2H3. The van der Waals surface area contributed by atoms with Crippen LogP contribution in [0.1, 0.15) is 18.9 Å². The topological polar surface area (TPSA) is 88.1 Å². The van der Waals surface area contributed by atoms with Crippen molar-refractivity contribution in [1.82, 2.24) is 0 Å². The number of hydrogen-bond acceptors (Lipinski definition) is 7. The van der Waals surface area contributed by atoms with Gasteiger partial charge in [-0.05, 0) is 55.5 Å². The molecule has 2 aromatic rings. The number of halogens is 3. The molecule has 0 radical (unpaired) electrons. The number of hydrogen-bond donors (Lipinski definition) is 0. The molecule has 7 nitrogen and oxygen atoms in total. The molecule has 1 unspecified atom stereocenters. The van der Waals surface area contributed by atoms with Gasteiger partial charge < -0.3 is 18.9 Å². The van der Waals surface area contributed by atoms with Gasteiger partial charge in [-0.2, -0.15) is 13.2 Å². The van der Waals surface area contributed by atoms with Gasteiger partial charge in [0.05, 0.1) is 19.1 Å². The molecule has 0 saturated heterocycles. The number of methoxy groups -OCH3 is 1. The van der Waals surface area contributed by atoms with E-state index in [1.807, 2.05) is 0 Å². The molecule has 0 aliphatic rings. The molecule has 0 saturated carbocycles. The van der Waals surface area contributed by atoms with Crippen LogP contribution >= 0.6 is 0 Å². The highest BCUT2D eigenvalue weighted by Gasteiger charge is 2.30. The van der Waals surface area contributed by atoms with E-state index in [2.05, 4.69) is 4.74 Å². The molecule has 0 aliphatic carbocycles. The smallest absolute Gasteiger partial charge is 0.416 e. The van der Waals surface area contributed by atoms with E-state index in [0.29, 0.717) is 11.5 Å². The van der Waals surface area contributed by atoms with E-state index in [4.69, 9.17) is 14.2 Å². The van der Waals surface area contributed by atoms with Crippen molar-refractivity contribution >= 4 is 17.7 Å². The summed E-state index contributed by atoms with van der Waals surface area (Å²) in [5.41, 5.74) is -0.772. The molecule has 0 aromatic heterocycles. The first kappa shape index (κ1) is 23.7. The maximum atomic E-state index is 12.6. The van der Waals surface area contributed by atoms with Gasteiger partial charge in [0.1, 0.15) is 23.4 Å². The Morgan fingerprint density at radius 1 is 0.903 bits per heavy atom. The zero-order valence-electron chi connectivity index (χ0n) is 16.6. The van der Waals surface area contributed by atoms with E-state index in [9.17, 15) is 27.6 Å². The first-order valence-corrected chi connectivity index (χ1v) is 8.97. The maximum Gasteiger partial charge on any atom is 0.416 e. The molecule has 2 aromatic carbocycles. The predicted molar refractivity (Wildman–Crippen MR) is 101 cm³/mol. The van der Waals surface area contributed by atoms with Crippen LogP contribution in [0.2, 0.25) is 0 Å². The number of alkyl halides is 3. The molecule has 0 aliphatic heterocycles. The van der Waals surface area contributed by atoms with Crippen molar-refractivity contribution in [2.75, 3.05) is 13.7 Å². The summed E-state index contributed by atoms with van der Waals surface area (Å²) in [6.45, 7) is 0.893. The Hall–Kier alpha value is -3.56. The maximum absolute atomic E-state index is 12.6. The zero-order valence-corrected chi connectivity index (χ0v) is 16.6. The third-order valence-electron chi connectivity index (χ3n) is 3.81. The number of benzene rings is 2. The van der Waals surface area contributed by atoms with E-state index in [0.717, 1.165) is 19.2 Å². The van der Waals surface area contributed by atoms with Crippen molar-refractivity contribution in [2.24, 2.45) is 0 Å². The molecular weight excluding hydrogens is 421 g/mol. The monoisotopic (exact) mass is 440 g/mol. The van der Waals surface area contributed by atoms with Crippen molar-refractivity contribution in [3.63, 3.8) is 0 Å². The van der Waals surface area contributed by atoms with Gasteiger partial charge in [0, 0.05) is 0 Å². The van der Waals surface area contributed by atoms with Gasteiger partial charge in [-0.3, -0.25) is 9.59 Å². The summed E-state index contributed by atoms with van der Waals surface area (Å²) in [6.07, 6.45) is -5.18. The van der Waals surface area contributed by atoms with Crippen LogP contribution in [0.5, 0.6) is 17.2 Å². The van der Waals surface area contributed by atoms with Crippen molar-refractivity contribution < 1.29 is 46.5 Å². The summed E-state index contributed by atoms with van der Waals surface area (Å²) < 4.78 is 57.7. The molecule has 0 fully saturated rings. The Morgan fingerprint density at radius 2 is 1.42 bits per heavy atom. The second kappa shape index (κ2) is 10.5. The van der Waals surface area contributed by atoms with Gasteiger partial charge in [0.25, 0.3) is 5.78 Å². The molecule has 0 amide bonds. The van der Waals surface area contributed by atoms with E-state index in [1.165, 1.54) is 12.1 Å². The van der Waals surface area contributed by atoms with Gasteiger partial charge in [0.15, 0.2) is 6.61 Å². The lowest BCUT2D eigenvalue weighted by molar-refractivity contribution is -0.158. The van der Waals surface area contributed by atoms with E-state index in [-0.39, 0.29) is 12.2 Å². The van der Waals surface area contributed by atoms with Gasteiger partial charge in [-0.1, -0.05) is 0 Å². The lowest BCUT2D eigenvalue weighted by atomic mass is 10.2. The summed E-state index contributed by atoms with van der Waals surface area (Å²) in [5, 5.41) is 0. The molecule has 10 heteroatoms. The number of esters is 2. The van der Waals surface area contributed by atoms with Crippen LogP contribution in [-0.4, -0.2) is 37.5 Å². The lowest BCUT2D eigenvalue weighted by Gasteiger charge is -2.14. The number of carbonyl (C=O) groups excluding carboxylic acids is 3. The average Bonchev–Trinajstić information content (AvgIpc) is 2.72. The zero-order chi connectivity index (χ0) is 23.0. The lowest BCUT2D eigenvalue weighted by Crippen LogP contribution is -2.25. The third-order valence-corrected chi connectivity index (χ3v) is 3.81. The van der Waals surface area contributed by atoms with Crippen LogP contribution in [0.25, 0.3) is 0 Å². The van der Waals surface area contributed by atoms with E-state index >= 15 is 0 Å². The molecule has 0 N–H and O–H groups in total. The van der Waals surface area contributed by atoms with Gasteiger partial charge >= 0.3 is 18.1 Å². The number of carbonyl (C=O) groups is 3. The summed E-state index contributed by atoms with van der Waals surface area (Å²) in [7, 11) is 1.04. The van der Waals surface area contributed by atoms with Crippen LogP contribution in [0.4, 0.5) is 13.2 Å². The van der Waals surface area contributed by atoms with Crippen LogP contribution < -0.4 is 9.47 Å². The molecule has 0 heterocycles. The van der Waals surface area contributed by atoms with Crippen LogP contribution in [0, 0.1) is 0 Å². The molecule has 31 heavy (non-hydrogen) atoms. The van der Waals surface area contributed by atoms with Crippen LogP contribution in [0.3, 0.4) is 0 Å². The minimum atomic E-state index is -4.42. The quantitative estimate of drug-likeness (QED) is 0.431. The van der Waals surface area contributed by atoms with E-state index in [1.54, 1.807) is 31.2 Å². The fourth-order valence-corrected chi connectivity index (χ4v) is 2.32. The minimum Gasteiger partial charge on any atom is -0.490 e. The van der Waals surface area contributed by atoms with E-state index < -0.39 is 42.2 Å². The Balaban J connectivity index is 1.83. The van der Waals surface area contributed by atoms with Gasteiger partial charge in [-0.15, -0.1) is 0 Å².